The van der Waals surface area contributed by atoms with E-state index in [1.807, 2.05) is 0 Å². The summed E-state index contributed by atoms with van der Waals surface area (Å²) < 4.78 is 10.9. The lowest BCUT2D eigenvalue weighted by Crippen LogP contribution is -2.44. The molecule has 1 aliphatic carbocycles. The summed E-state index contributed by atoms with van der Waals surface area (Å²) in [5.41, 5.74) is 1.77. The van der Waals surface area contributed by atoms with Gasteiger partial charge in [-0.1, -0.05) is 25.8 Å². The monoisotopic (exact) mass is 289 g/mol. The Morgan fingerprint density at radius 2 is 1.95 bits per heavy atom. The first-order valence-corrected chi connectivity index (χ1v) is 8.21. The molecule has 1 aromatic rings. The van der Waals surface area contributed by atoms with E-state index < -0.39 is 0 Å². The maximum absolute atomic E-state index is 5.53. The summed E-state index contributed by atoms with van der Waals surface area (Å²) in [6.45, 7) is 4.69. The molecular weight excluding hydrogens is 262 g/mol. The summed E-state index contributed by atoms with van der Waals surface area (Å²) in [5.74, 6) is 1.69. The number of rotatable bonds is 4. The number of hydrogen-bond donors (Lipinski definition) is 0. The van der Waals surface area contributed by atoms with Crippen molar-refractivity contribution in [3.05, 3.63) is 23.8 Å². The average molecular weight is 289 g/mol. The third-order valence-electron chi connectivity index (χ3n) is 5.64. The van der Waals surface area contributed by atoms with Crippen LogP contribution in [0.15, 0.2) is 18.2 Å². The lowest BCUT2D eigenvalue weighted by Gasteiger charge is -2.42. The Morgan fingerprint density at radius 1 is 1.14 bits per heavy atom. The Bertz CT molecular complexity index is 502. The van der Waals surface area contributed by atoms with Crippen molar-refractivity contribution in [3.8, 4) is 11.5 Å². The van der Waals surface area contributed by atoms with Crippen LogP contribution in [0, 0.1) is 0 Å². The van der Waals surface area contributed by atoms with E-state index in [2.05, 4.69) is 30.0 Å². The summed E-state index contributed by atoms with van der Waals surface area (Å²) in [7, 11) is 3.43. The van der Waals surface area contributed by atoms with Crippen LogP contribution in [0.3, 0.4) is 0 Å². The third kappa shape index (κ3) is 2.32. The van der Waals surface area contributed by atoms with E-state index in [1.54, 1.807) is 14.2 Å². The molecule has 0 radical (unpaired) electrons. The highest BCUT2D eigenvalue weighted by Crippen LogP contribution is 2.50. The van der Waals surface area contributed by atoms with E-state index in [0.717, 1.165) is 11.5 Å². The van der Waals surface area contributed by atoms with Crippen molar-refractivity contribution < 1.29 is 9.47 Å². The Hall–Kier alpha value is -1.22. The molecule has 1 aromatic carbocycles. The maximum Gasteiger partial charge on any atom is 0.161 e. The van der Waals surface area contributed by atoms with Crippen LogP contribution in [0.2, 0.25) is 0 Å². The number of ether oxygens (including phenoxy) is 2. The molecule has 0 amide bonds. The zero-order chi connectivity index (χ0) is 14.9. The number of nitrogens with zero attached hydrogens (tertiary/aromatic N) is 1. The lowest BCUT2D eigenvalue weighted by molar-refractivity contribution is 0.162. The molecule has 21 heavy (non-hydrogen) atoms. The van der Waals surface area contributed by atoms with Crippen molar-refractivity contribution >= 4 is 0 Å². The molecule has 3 heteroatoms. The molecule has 0 N–H and O–H groups in total. The summed E-state index contributed by atoms with van der Waals surface area (Å²) in [6.07, 6.45) is 6.64. The van der Waals surface area contributed by atoms with Crippen LogP contribution in [0.1, 0.15) is 44.6 Å². The fourth-order valence-corrected chi connectivity index (χ4v) is 4.55. The van der Waals surface area contributed by atoms with Gasteiger partial charge in [0.2, 0.25) is 0 Å². The van der Waals surface area contributed by atoms with Gasteiger partial charge in [0.15, 0.2) is 11.5 Å². The molecule has 1 saturated carbocycles. The molecule has 3 nitrogen and oxygen atoms in total. The first-order chi connectivity index (χ1) is 10.2. The van der Waals surface area contributed by atoms with Gasteiger partial charge >= 0.3 is 0 Å². The van der Waals surface area contributed by atoms with E-state index in [-0.39, 0.29) is 0 Å². The van der Waals surface area contributed by atoms with Gasteiger partial charge in [0.05, 0.1) is 14.2 Å². The topological polar surface area (TPSA) is 21.7 Å². The summed E-state index contributed by atoms with van der Waals surface area (Å²) >= 11 is 0. The minimum absolute atomic E-state index is 0.327. The largest absolute Gasteiger partial charge is 0.493 e. The highest BCUT2D eigenvalue weighted by molar-refractivity contribution is 5.46. The van der Waals surface area contributed by atoms with Crippen LogP contribution in [0.5, 0.6) is 11.5 Å². The van der Waals surface area contributed by atoms with Crippen LogP contribution >= 0.6 is 0 Å². The van der Waals surface area contributed by atoms with Crippen molar-refractivity contribution in [1.29, 1.82) is 0 Å². The van der Waals surface area contributed by atoms with Gasteiger partial charge in [-0.15, -0.1) is 0 Å². The fourth-order valence-electron chi connectivity index (χ4n) is 4.55. The average Bonchev–Trinajstić information content (AvgIpc) is 2.94. The molecule has 1 heterocycles. The second kappa shape index (κ2) is 5.88. The number of likely N-dealkylation sites (tertiary alicyclic amines) is 1. The van der Waals surface area contributed by atoms with Crippen molar-refractivity contribution in [2.24, 2.45) is 0 Å². The van der Waals surface area contributed by atoms with Gasteiger partial charge in [0, 0.05) is 11.5 Å². The molecule has 0 aromatic heterocycles. The normalized spacial score (nSPS) is 29.2. The molecule has 116 valence electrons. The Morgan fingerprint density at radius 3 is 2.67 bits per heavy atom. The predicted molar refractivity (Wildman–Crippen MR) is 85.3 cm³/mol. The summed E-state index contributed by atoms with van der Waals surface area (Å²) in [6, 6.07) is 7.26. The van der Waals surface area contributed by atoms with Crippen molar-refractivity contribution in [3.63, 3.8) is 0 Å². The summed E-state index contributed by atoms with van der Waals surface area (Å²) in [5, 5.41) is 0. The minimum Gasteiger partial charge on any atom is -0.493 e. The van der Waals surface area contributed by atoms with Gasteiger partial charge < -0.3 is 9.47 Å². The molecule has 0 spiro atoms. The first kappa shape index (κ1) is 14.7. The van der Waals surface area contributed by atoms with Crippen LogP contribution in [-0.4, -0.2) is 38.3 Å². The van der Waals surface area contributed by atoms with Crippen LogP contribution < -0.4 is 9.47 Å². The van der Waals surface area contributed by atoms with Gasteiger partial charge in [-0.2, -0.15) is 0 Å². The molecule has 1 aliphatic heterocycles. The molecule has 2 aliphatic rings. The molecule has 1 saturated heterocycles. The summed E-state index contributed by atoms with van der Waals surface area (Å²) in [4.78, 5) is 2.68. The van der Waals surface area contributed by atoms with Gasteiger partial charge in [0.1, 0.15) is 0 Å². The zero-order valence-electron chi connectivity index (χ0n) is 13.5. The minimum atomic E-state index is 0.327. The van der Waals surface area contributed by atoms with Gasteiger partial charge in [-0.3, -0.25) is 4.90 Å². The van der Waals surface area contributed by atoms with Crippen molar-refractivity contribution in [1.82, 2.24) is 4.90 Å². The van der Waals surface area contributed by atoms with Crippen molar-refractivity contribution in [2.45, 2.75) is 50.5 Å². The first-order valence-electron chi connectivity index (χ1n) is 8.21. The van der Waals surface area contributed by atoms with E-state index >= 15 is 0 Å². The highest BCUT2D eigenvalue weighted by atomic mass is 16.5. The van der Waals surface area contributed by atoms with Crippen LogP contribution in [0.25, 0.3) is 0 Å². The molecule has 2 fully saturated rings. The molecule has 0 bridgehead atoms. The third-order valence-corrected chi connectivity index (χ3v) is 5.64. The Balaban J connectivity index is 2.00. The molecule has 0 unspecified atom stereocenters. The number of methoxy groups -OCH3 is 2. The molecular formula is C18H27NO2. The van der Waals surface area contributed by atoms with Gasteiger partial charge in [0.25, 0.3) is 0 Å². The standard InChI is InChI=1S/C18H27NO2/c1-4-19-12-11-18(10-6-5-7-17(18)19)14-8-9-15(20-2)16(13-14)21-3/h8-9,13,17H,4-7,10-12H2,1-3H3/t17-,18-/m0/s1. The van der Waals surface area contributed by atoms with E-state index in [9.17, 15) is 0 Å². The van der Waals surface area contributed by atoms with E-state index in [1.165, 1.54) is 50.8 Å². The van der Waals surface area contributed by atoms with Crippen LogP contribution in [0.4, 0.5) is 0 Å². The molecule has 2 atom stereocenters. The lowest BCUT2D eigenvalue weighted by atomic mass is 9.66. The van der Waals surface area contributed by atoms with Gasteiger partial charge in [-0.05, 0) is 50.0 Å². The number of hydrogen-bond acceptors (Lipinski definition) is 3. The fraction of sp³-hybridized carbons (Fsp3) is 0.667. The van der Waals surface area contributed by atoms with E-state index in [4.69, 9.17) is 9.47 Å². The molecule has 3 rings (SSSR count). The number of fused-ring (bicyclic) bond motifs is 1. The zero-order valence-corrected chi connectivity index (χ0v) is 13.5. The maximum atomic E-state index is 5.53. The predicted octanol–water partition coefficient (Wildman–Crippen LogP) is 3.61. The Kier molecular flexibility index (Phi) is 4.12. The number of benzene rings is 1. The Labute approximate surface area is 128 Å². The number of likely N-dealkylation sites (N-methyl/N-ethyl adjacent to an activating group) is 1. The van der Waals surface area contributed by atoms with Gasteiger partial charge in [-0.25, -0.2) is 0 Å². The van der Waals surface area contributed by atoms with Crippen molar-refractivity contribution in [2.75, 3.05) is 27.3 Å². The highest BCUT2D eigenvalue weighted by Gasteiger charge is 2.48. The quantitative estimate of drug-likeness (QED) is 0.845. The second-order valence-corrected chi connectivity index (χ2v) is 6.37. The van der Waals surface area contributed by atoms with Crippen LogP contribution in [-0.2, 0) is 5.41 Å². The second-order valence-electron chi connectivity index (χ2n) is 6.37. The van der Waals surface area contributed by atoms with E-state index in [0.29, 0.717) is 11.5 Å². The SMILES string of the molecule is CCN1CC[C@]2(c3ccc(OC)c(OC)c3)CCCC[C@H]12. The smallest absolute Gasteiger partial charge is 0.161 e.